The van der Waals surface area contributed by atoms with Gasteiger partial charge in [0.15, 0.2) is 12.4 Å². The smallest absolute Gasteiger partial charge is 0.303 e. The number of aliphatic hydroxyl groups is 1. The van der Waals surface area contributed by atoms with E-state index in [0.717, 1.165) is 38.5 Å². The molecule has 0 radical (unpaired) electrons. The van der Waals surface area contributed by atoms with Gasteiger partial charge in [0.05, 0.1) is 0 Å². The van der Waals surface area contributed by atoms with Gasteiger partial charge in [-0.3, -0.25) is 14.4 Å². The second kappa shape index (κ2) is 6.51. The molecule has 3 fully saturated rings. The van der Waals surface area contributed by atoms with Crippen molar-refractivity contribution in [1.82, 2.24) is 0 Å². The molecule has 0 aliphatic heterocycles. The van der Waals surface area contributed by atoms with Gasteiger partial charge in [0.25, 0.3) is 0 Å². The third-order valence-electron chi connectivity index (χ3n) is 8.98. The summed E-state index contributed by atoms with van der Waals surface area (Å²) in [7, 11) is 0. The van der Waals surface area contributed by atoms with Crippen LogP contribution in [0.5, 0.6) is 0 Å². The van der Waals surface area contributed by atoms with E-state index in [4.69, 9.17) is 4.74 Å². The number of fused-ring (bicyclic) bond motifs is 5. The van der Waals surface area contributed by atoms with Gasteiger partial charge >= 0.3 is 5.97 Å². The van der Waals surface area contributed by atoms with Crippen LogP contribution in [0.1, 0.15) is 72.1 Å². The summed E-state index contributed by atoms with van der Waals surface area (Å²) in [5.41, 5.74) is -0.459. The standard InChI is InChI=1S/C23H32O5/c1-14(24)28-13-20(26)23(27)11-8-19-17-5-4-15-12-16(25)6-9-21(15,2)18(17)7-10-22(19,23)3/h12,17-19,27H,4-11,13H2,1-3H3/t17-,18-,19+,21-,22-,23-/m0/s1. The maximum atomic E-state index is 12.8. The molecule has 0 heterocycles. The zero-order valence-electron chi connectivity index (χ0n) is 17.3. The summed E-state index contributed by atoms with van der Waals surface area (Å²) in [4.78, 5) is 35.9. The first kappa shape index (κ1) is 19.8. The van der Waals surface area contributed by atoms with Crippen molar-refractivity contribution in [3.63, 3.8) is 0 Å². The van der Waals surface area contributed by atoms with E-state index in [2.05, 4.69) is 13.8 Å². The topological polar surface area (TPSA) is 80.7 Å². The Morgan fingerprint density at radius 2 is 1.82 bits per heavy atom. The summed E-state index contributed by atoms with van der Waals surface area (Å²) >= 11 is 0. The zero-order valence-corrected chi connectivity index (χ0v) is 17.3. The van der Waals surface area contributed by atoms with Crippen LogP contribution in [0.2, 0.25) is 0 Å². The largest absolute Gasteiger partial charge is 0.458 e. The molecule has 0 amide bonds. The lowest BCUT2D eigenvalue weighted by Gasteiger charge is -2.58. The Labute approximate surface area is 166 Å². The van der Waals surface area contributed by atoms with Crippen LogP contribution in [0.3, 0.4) is 0 Å². The van der Waals surface area contributed by atoms with Crippen LogP contribution < -0.4 is 0 Å². The predicted octanol–water partition coefficient (Wildman–Crippen LogP) is 3.38. The van der Waals surface area contributed by atoms with Gasteiger partial charge in [0.1, 0.15) is 5.60 Å². The van der Waals surface area contributed by atoms with Crippen LogP contribution in [0.4, 0.5) is 0 Å². The van der Waals surface area contributed by atoms with Gasteiger partial charge in [-0.25, -0.2) is 0 Å². The number of hydrogen-bond donors (Lipinski definition) is 1. The van der Waals surface area contributed by atoms with Crippen LogP contribution in [0, 0.1) is 28.6 Å². The van der Waals surface area contributed by atoms with E-state index < -0.39 is 17.0 Å². The van der Waals surface area contributed by atoms with Gasteiger partial charge in [-0.1, -0.05) is 19.4 Å². The Morgan fingerprint density at radius 3 is 2.54 bits per heavy atom. The summed E-state index contributed by atoms with van der Waals surface area (Å²) in [6, 6.07) is 0. The predicted molar refractivity (Wildman–Crippen MR) is 103 cm³/mol. The van der Waals surface area contributed by atoms with E-state index in [1.54, 1.807) is 0 Å². The maximum Gasteiger partial charge on any atom is 0.303 e. The fraction of sp³-hybridized carbons (Fsp3) is 0.783. The molecule has 0 bridgehead atoms. The van der Waals surface area contributed by atoms with Crippen LogP contribution in [0.15, 0.2) is 11.6 Å². The van der Waals surface area contributed by atoms with E-state index in [0.29, 0.717) is 30.6 Å². The molecule has 4 aliphatic carbocycles. The van der Waals surface area contributed by atoms with Gasteiger partial charge in [0, 0.05) is 18.8 Å². The second-order valence-electron chi connectivity index (χ2n) is 10.0. The van der Waals surface area contributed by atoms with Crippen LogP contribution in [0.25, 0.3) is 0 Å². The van der Waals surface area contributed by atoms with E-state index >= 15 is 0 Å². The van der Waals surface area contributed by atoms with Gasteiger partial charge in [0.2, 0.25) is 5.78 Å². The normalized spacial score (nSPS) is 44.8. The number of carbonyl (C=O) groups is 3. The number of Topliss-reactive ketones (excluding diaryl/α,β-unsaturated/α-hetero) is 1. The van der Waals surface area contributed by atoms with Crippen molar-refractivity contribution in [2.75, 3.05) is 6.61 Å². The number of allylic oxidation sites excluding steroid dienone is 1. The molecule has 0 aromatic rings. The van der Waals surface area contributed by atoms with Crippen molar-refractivity contribution in [3.05, 3.63) is 11.6 Å². The maximum absolute atomic E-state index is 12.8. The van der Waals surface area contributed by atoms with Crippen molar-refractivity contribution in [3.8, 4) is 0 Å². The summed E-state index contributed by atoms with van der Waals surface area (Å²) in [6.07, 6.45) is 8.53. The van der Waals surface area contributed by atoms with Gasteiger partial charge in [-0.15, -0.1) is 0 Å². The summed E-state index contributed by atoms with van der Waals surface area (Å²) in [6.45, 7) is 5.35. The molecule has 0 spiro atoms. The van der Waals surface area contributed by atoms with Gasteiger partial charge in [-0.2, -0.15) is 0 Å². The SMILES string of the molecule is CC(=O)OCC(=O)[C@@]1(O)CC[C@@H]2[C@H]3CCC4=CC(=O)CC[C@]4(C)[C@H]3CC[C@@]21C. The van der Waals surface area contributed by atoms with Crippen LogP contribution in [-0.4, -0.2) is 34.9 Å². The number of hydrogen-bond acceptors (Lipinski definition) is 5. The lowest BCUT2D eigenvalue weighted by Crippen LogP contribution is -2.58. The minimum Gasteiger partial charge on any atom is -0.458 e. The molecular weight excluding hydrogens is 356 g/mol. The van der Waals surface area contributed by atoms with E-state index in [1.807, 2.05) is 6.08 Å². The number of esters is 1. The van der Waals surface area contributed by atoms with Crippen molar-refractivity contribution >= 4 is 17.5 Å². The molecule has 4 rings (SSSR count). The fourth-order valence-corrected chi connectivity index (χ4v) is 7.32. The van der Waals surface area contributed by atoms with Gasteiger partial charge in [-0.05, 0) is 74.2 Å². The number of ketones is 2. The van der Waals surface area contributed by atoms with Crippen molar-refractivity contribution in [2.24, 2.45) is 28.6 Å². The molecule has 0 unspecified atom stereocenters. The summed E-state index contributed by atoms with van der Waals surface area (Å²) < 4.78 is 4.92. The molecular formula is C23H32O5. The number of rotatable bonds is 3. The van der Waals surface area contributed by atoms with E-state index in [-0.39, 0.29) is 23.6 Å². The molecule has 0 aromatic heterocycles. The third kappa shape index (κ3) is 2.65. The first-order valence-electron chi connectivity index (χ1n) is 10.7. The molecule has 5 nitrogen and oxygen atoms in total. The first-order valence-corrected chi connectivity index (χ1v) is 10.7. The number of carbonyl (C=O) groups excluding carboxylic acids is 3. The first-order chi connectivity index (χ1) is 13.1. The molecule has 0 aromatic carbocycles. The molecule has 28 heavy (non-hydrogen) atoms. The quantitative estimate of drug-likeness (QED) is 0.750. The molecule has 5 heteroatoms. The zero-order chi connectivity index (χ0) is 20.3. The van der Waals surface area contributed by atoms with Crippen molar-refractivity contribution in [2.45, 2.75) is 77.7 Å². The Hall–Kier alpha value is -1.49. The van der Waals surface area contributed by atoms with E-state index in [9.17, 15) is 19.5 Å². The van der Waals surface area contributed by atoms with Crippen molar-refractivity contribution in [1.29, 1.82) is 0 Å². The molecule has 4 aliphatic rings. The molecule has 154 valence electrons. The molecule has 6 atom stereocenters. The Bertz CT molecular complexity index is 754. The second-order valence-corrected chi connectivity index (χ2v) is 10.0. The average molecular weight is 389 g/mol. The van der Waals surface area contributed by atoms with Crippen LogP contribution >= 0.6 is 0 Å². The third-order valence-corrected chi connectivity index (χ3v) is 8.98. The lowest BCUT2D eigenvalue weighted by molar-refractivity contribution is -0.169. The summed E-state index contributed by atoms with van der Waals surface area (Å²) in [5.74, 6) is 0.712. The Morgan fingerprint density at radius 1 is 1.11 bits per heavy atom. The Kier molecular flexibility index (Phi) is 4.61. The molecule has 1 N–H and O–H groups in total. The molecule has 0 saturated heterocycles. The highest BCUT2D eigenvalue weighted by Gasteiger charge is 2.66. The monoisotopic (exact) mass is 388 g/mol. The molecule has 3 saturated carbocycles. The average Bonchev–Trinajstić information content (AvgIpc) is 2.92. The summed E-state index contributed by atoms with van der Waals surface area (Å²) in [5, 5.41) is 11.5. The van der Waals surface area contributed by atoms with E-state index in [1.165, 1.54) is 12.5 Å². The minimum atomic E-state index is -1.41. The minimum absolute atomic E-state index is 0.0839. The highest BCUT2D eigenvalue weighted by molar-refractivity contribution is 5.92. The fourth-order valence-electron chi connectivity index (χ4n) is 7.32. The lowest BCUT2D eigenvalue weighted by atomic mass is 9.46. The highest BCUT2D eigenvalue weighted by Crippen LogP contribution is 2.67. The highest BCUT2D eigenvalue weighted by atomic mass is 16.5. The Balaban J connectivity index is 1.60. The number of ether oxygens (including phenoxy) is 1. The van der Waals surface area contributed by atoms with Crippen LogP contribution in [-0.2, 0) is 19.1 Å². The van der Waals surface area contributed by atoms with Gasteiger partial charge < -0.3 is 9.84 Å². The van der Waals surface area contributed by atoms with Crippen molar-refractivity contribution < 1.29 is 24.2 Å².